The van der Waals surface area contributed by atoms with Crippen LogP contribution in [0.25, 0.3) is 11.4 Å². The molecule has 1 aliphatic carbocycles. The van der Waals surface area contributed by atoms with Gasteiger partial charge in [0.1, 0.15) is 0 Å². The fourth-order valence-corrected chi connectivity index (χ4v) is 3.84. The quantitative estimate of drug-likeness (QED) is 0.711. The van der Waals surface area contributed by atoms with Crippen LogP contribution in [-0.4, -0.2) is 46.3 Å². The Morgan fingerprint density at radius 1 is 1.24 bits per heavy atom. The first-order valence-corrected chi connectivity index (χ1v) is 9.56. The predicted octanol–water partition coefficient (Wildman–Crippen LogP) is 4.23. The monoisotopic (exact) mass is 406 g/mol. The molecule has 1 aliphatic heterocycles. The van der Waals surface area contributed by atoms with E-state index in [1.165, 1.54) is 49.9 Å². The van der Waals surface area contributed by atoms with Gasteiger partial charge in [-0.2, -0.15) is 18.2 Å². The van der Waals surface area contributed by atoms with Gasteiger partial charge in [0.15, 0.2) is 0 Å². The van der Waals surface area contributed by atoms with Crippen LogP contribution in [0.3, 0.4) is 0 Å². The standard InChI is InChI=1S/C20H21F3N4O2/c1-13(11-27-10-2-7-19(12-27)8-9-19)24-17(28)15-5-3-14(4-6-15)16-25-18(29-26-16)20(21,22)23/h3-6H,2,7-12H2,1H3/b24-13+. The number of piperidine rings is 1. The van der Waals surface area contributed by atoms with Crippen molar-refractivity contribution in [3.63, 3.8) is 0 Å². The summed E-state index contributed by atoms with van der Waals surface area (Å²) in [5.41, 5.74) is 1.94. The van der Waals surface area contributed by atoms with E-state index >= 15 is 0 Å². The Labute approximate surface area is 165 Å². The van der Waals surface area contributed by atoms with Crippen molar-refractivity contribution in [3.05, 3.63) is 35.7 Å². The van der Waals surface area contributed by atoms with Crippen molar-refractivity contribution in [3.8, 4) is 11.4 Å². The predicted molar refractivity (Wildman–Crippen MR) is 99.5 cm³/mol. The minimum Gasteiger partial charge on any atom is -0.329 e. The van der Waals surface area contributed by atoms with Crippen molar-refractivity contribution >= 4 is 11.6 Å². The maximum absolute atomic E-state index is 12.6. The number of halogens is 3. The summed E-state index contributed by atoms with van der Waals surface area (Å²) >= 11 is 0. The van der Waals surface area contributed by atoms with Gasteiger partial charge in [0.05, 0.1) is 0 Å². The fraction of sp³-hybridized carbons (Fsp3) is 0.500. The average Bonchev–Trinajstić information content (AvgIpc) is 3.19. The molecule has 0 N–H and O–H groups in total. The van der Waals surface area contributed by atoms with Crippen LogP contribution in [0, 0.1) is 5.41 Å². The van der Waals surface area contributed by atoms with Gasteiger partial charge in [-0.05, 0) is 56.7 Å². The maximum atomic E-state index is 12.6. The van der Waals surface area contributed by atoms with Gasteiger partial charge >= 0.3 is 12.1 Å². The Hall–Kier alpha value is -2.55. The lowest BCUT2D eigenvalue weighted by molar-refractivity contribution is -0.159. The second-order valence-corrected chi connectivity index (χ2v) is 7.96. The molecule has 29 heavy (non-hydrogen) atoms. The largest absolute Gasteiger partial charge is 0.471 e. The highest BCUT2D eigenvalue weighted by atomic mass is 19.4. The second-order valence-electron chi connectivity index (χ2n) is 7.96. The summed E-state index contributed by atoms with van der Waals surface area (Å²) in [7, 11) is 0. The molecule has 0 unspecified atom stereocenters. The molecule has 0 atom stereocenters. The molecule has 2 heterocycles. The highest BCUT2D eigenvalue weighted by Crippen LogP contribution is 2.51. The lowest BCUT2D eigenvalue weighted by atomic mass is 9.95. The summed E-state index contributed by atoms with van der Waals surface area (Å²) in [4.78, 5) is 22.3. The minimum absolute atomic E-state index is 0.185. The van der Waals surface area contributed by atoms with Crippen LogP contribution in [0.1, 0.15) is 48.9 Å². The number of nitrogens with zero attached hydrogens (tertiary/aromatic N) is 4. The van der Waals surface area contributed by atoms with E-state index in [1.807, 2.05) is 6.92 Å². The molecule has 4 rings (SSSR count). The molecular formula is C20H21F3N4O2. The van der Waals surface area contributed by atoms with E-state index < -0.39 is 12.1 Å². The summed E-state index contributed by atoms with van der Waals surface area (Å²) in [6.07, 6.45) is 0.400. The van der Waals surface area contributed by atoms with Crippen LogP contribution in [0.4, 0.5) is 13.2 Å². The summed E-state index contributed by atoms with van der Waals surface area (Å²) in [6, 6.07) is 5.95. The van der Waals surface area contributed by atoms with Crippen molar-refractivity contribution in [1.82, 2.24) is 15.0 Å². The Kier molecular flexibility index (Phi) is 5.02. The zero-order valence-electron chi connectivity index (χ0n) is 16.0. The van der Waals surface area contributed by atoms with Gasteiger partial charge in [0, 0.05) is 29.9 Å². The number of aromatic nitrogens is 2. The third-order valence-corrected chi connectivity index (χ3v) is 5.50. The van der Waals surface area contributed by atoms with E-state index in [1.54, 1.807) is 0 Å². The molecule has 9 heteroatoms. The molecule has 2 aromatic rings. The van der Waals surface area contributed by atoms with Gasteiger partial charge in [0.25, 0.3) is 5.91 Å². The first-order chi connectivity index (χ1) is 13.7. The number of hydrogen-bond acceptors (Lipinski definition) is 5. The van der Waals surface area contributed by atoms with Crippen LogP contribution >= 0.6 is 0 Å². The van der Waals surface area contributed by atoms with Crippen molar-refractivity contribution in [1.29, 1.82) is 0 Å². The number of alkyl halides is 3. The van der Waals surface area contributed by atoms with Crippen LogP contribution in [0.2, 0.25) is 0 Å². The van der Waals surface area contributed by atoms with Gasteiger partial charge in [-0.1, -0.05) is 17.3 Å². The van der Waals surface area contributed by atoms with Crippen molar-refractivity contribution in [2.75, 3.05) is 19.6 Å². The first kappa shape index (κ1) is 19.8. The van der Waals surface area contributed by atoms with Gasteiger partial charge in [-0.3, -0.25) is 9.69 Å². The molecule has 1 saturated carbocycles. The molecule has 2 fully saturated rings. The normalized spacial score (nSPS) is 19.5. The number of carbonyl (C=O) groups is 1. The van der Waals surface area contributed by atoms with Gasteiger partial charge in [0.2, 0.25) is 5.82 Å². The van der Waals surface area contributed by atoms with Crippen LogP contribution in [0.5, 0.6) is 0 Å². The van der Waals surface area contributed by atoms with E-state index in [0.717, 1.165) is 18.8 Å². The molecule has 1 amide bonds. The Balaban J connectivity index is 1.39. The van der Waals surface area contributed by atoms with E-state index in [2.05, 4.69) is 24.6 Å². The molecule has 1 spiro atoms. The lowest BCUT2D eigenvalue weighted by Gasteiger charge is -2.32. The minimum atomic E-state index is -4.69. The summed E-state index contributed by atoms with van der Waals surface area (Å²) in [5, 5.41) is 3.33. The number of rotatable bonds is 4. The highest BCUT2D eigenvalue weighted by molar-refractivity contribution is 6.03. The van der Waals surface area contributed by atoms with E-state index in [9.17, 15) is 18.0 Å². The number of carbonyl (C=O) groups excluding carboxylic acids is 1. The van der Waals surface area contributed by atoms with Crippen LogP contribution in [-0.2, 0) is 6.18 Å². The number of aliphatic imine (C=N–C) groups is 1. The molecule has 2 aliphatic rings. The second kappa shape index (κ2) is 7.37. The number of benzene rings is 1. The van der Waals surface area contributed by atoms with Crippen molar-refractivity contribution in [2.45, 2.75) is 38.8 Å². The Bertz CT molecular complexity index is 930. The van der Waals surface area contributed by atoms with Gasteiger partial charge in [-0.15, -0.1) is 0 Å². The Morgan fingerprint density at radius 2 is 1.97 bits per heavy atom. The molecule has 1 saturated heterocycles. The zero-order valence-corrected chi connectivity index (χ0v) is 16.0. The molecule has 1 aromatic carbocycles. The van der Waals surface area contributed by atoms with Gasteiger partial charge < -0.3 is 4.52 Å². The topological polar surface area (TPSA) is 71.6 Å². The highest BCUT2D eigenvalue weighted by Gasteiger charge is 2.45. The molecule has 154 valence electrons. The number of likely N-dealkylation sites (tertiary alicyclic amines) is 1. The van der Waals surface area contributed by atoms with Crippen molar-refractivity contribution in [2.24, 2.45) is 10.4 Å². The molecular weight excluding hydrogens is 385 g/mol. The van der Waals surface area contributed by atoms with E-state index in [-0.39, 0.29) is 11.7 Å². The molecule has 6 nitrogen and oxygen atoms in total. The SMILES string of the molecule is C/C(CN1CCCC2(CC2)C1)=N\C(=O)c1ccc(-c2noc(C(F)(F)F)n2)cc1. The average molecular weight is 406 g/mol. The smallest absolute Gasteiger partial charge is 0.329 e. The third kappa shape index (κ3) is 4.55. The third-order valence-electron chi connectivity index (χ3n) is 5.50. The summed E-state index contributed by atoms with van der Waals surface area (Å²) in [6.45, 7) is 4.63. The number of amides is 1. The molecule has 0 radical (unpaired) electrons. The van der Waals surface area contributed by atoms with Crippen LogP contribution < -0.4 is 0 Å². The van der Waals surface area contributed by atoms with Crippen molar-refractivity contribution < 1.29 is 22.5 Å². The zero-order chi connectivity index (χ0) is 20.6. The van der Waals surface area contributed by atoms with Gasteiger partial charge in [-0.25, -0.2) is 4.99 Å². The summed E-state index contributed by atoms with van der Waals surface area (Å²) < 4.78 is 41.9. The van der Waals surface area contributed by atoms with E-state index in [4.69, 9.17) is 0 Å². The fourth-order valence-electron chi connectivity index (χ4n) is 3.84. The number of hydrogen-bond donors (Lipinski definition) is 0. The van der Waals surface area contributed by atoms with E-state index in [0.29, 0.717) is 23.1 Å². The molecule has 0 bridgehead atoms. The maximum Gasteiger partial charge on any atom is 0.471 e. The Morgan fingerprint density at radius 3 is 2.59 bits per heavy atom. The lowest BCUT2D eigenvalue weighted by Crippen LogP contribution is -2.39. The molecule has 1 aromatic heterocycles. The van der Waals surface area contributed by atoms with Crippen LogP contribution in [0.15, 0.2) is 33.8 Å². The summed E-state index contributed by atoms with van der Waals surface area (Å²) in [5.74, 6) is -1.97. The first-order valence-electron chi connectivity index (χ1n) is 9.56.